The Bertz CT molecular complexity index is 1840. The molecule has 0 aromatic heterocycles. The molecule has 1 N–H and O–H groups in total. The van der Waals surface area contributed by atoms with Crippen LogP contribution < -0.4 is 14.4 Å². The van der Waals surface area contributed by atoms with Crippen LogP contribution in [-0.2, 0) is 32.6 Å². The van der Waals surface area contributed by atoms with Gasteiger partial charge in [0, 0.05) is 29.1 Å². The first kappa shape index (κ1) is 37.1. The summed E-state index contributed by atoms with van der Waals surface area (Å²) in [6.07, 6.45) is 0.834. The Morgan fingerprint density at radius 3 is 2.19 bits per heavy atom. The second-order valence-corrected chi connectivity index (χ2v) is 14.5. The van der Waals surface area contributed by atoms with Crippen LogP contribution in [0.2, 0.25) is 15.1 Å². The number of anilines is 1. The normalized spacial score (nSPS) is 12.6. The molecule has 0 fully saturated rings. The van der Waals surface area contributed by atoms with Gasteiger partial charge >= 0.3 is 0 Å². The number of sulfonamides is 1. The van der Waals surface area contributed by atoms with E-state index in [0.717, 1.165) is 15.4 Å². The average molecular weight is 731 g/mol. The number of aryl methyl sites for hydroxylation is 1. The van der Waals surface area contributed by atoms with E-state index in [4.69, 9.17) is 39.5 Å². The van der Waals surface area contributed by atoms with Crippen molar-refractivity contribution < 1.29 is 22.7 Å². The van der Waals surface area contributed by atoms with Gasteiger partial charge in [-0.15, -0.1) is 0 Å². The van der Waals surface area contributed by atoms with E-state index >= 15 is 0 Å². The highest BCUT2D eigenvalue weighted by molar-refractivity contribution is 7.92. The van der Waals surface area contributed by atoms with E-state index in [1.54, 1.807) is 30.3 Å². The lowest BCUT2D eigenvalue weighted by molar-refractivity contribution is -0.140. The van der Waals surface area contributed by atoms with E-state index in [1.165, 1.54) is 42.3 Å². The zero-order valence-corrected chi connectivity index (χ0v) is 30.2. The standard InChI is InChI=1S/C36H38Cl3N3O5S/c1-5-25(3)40-36(44)33(19-26-9-7-6-8-10-26)41(22-27-13-14-28(37)20-31(27)38)35(43)23-42(29-15-18-34(47-4)32(39)21-29)48(45,46)30-16-11-24(2)12-17-30/h6-18,20-21,25,33H,5,19,22-23H2,1-4H3,(H,40,44)/t25-,33-/m1/s1. The molecule has 48 heavy (non-hydrogen) atoms. The molecule has 0 saturated carbocycles. The van der Waals surface area contributed by atoms with Crippen LogP contribution in [0.4, 0.5) is 5.69 Å². The predicted molar refractivity (Wildman–Crippen MR) is 193 cm³/mol. The quantitative estimate of drug-likeness (QED) is 0.143. The molecule has 2 atom stereocenters. The molecule has 2 amide bonds. The van der Waals surface area contributed by atoms with Gasteiger partial charge in [0.15, 0.2) is 0 Å². The summed E-state index contributed by atoms with van der Waals surface area (Å²) in [5.74, 6) is -0.681. The minimum atomic E-state index is -4.31. The van der Waals surface area contributed by atoms with Gasteiger partial charge in [0.2, 0.25) is 11.8 Å². The van der Waals surface area contributed by atoms with Crippen molar-refractivity contribution in [1.29, 1.82) is 0 Å². The van der Waals surface area contributed by atoms with Gasteiger partial charge in [-0.05, 0) is 73.9 Å². The minimum Gasteiger partial charge on any atom is -0.495 e. The van der Waals surface area contributed by atoms with Crippen molar-refractivity contribution in [3.8, 4) is 5.75 Å². The SMILES string of the molecule is CC[C@@H](C)NC(=O)[C@@H](Cc1ccccc1)N(Cc1ccc(Cl)cc1Cl)C(=O)CN(c1ccc(OC)c(Cl)c1)S(=O)(=O)c1ccc(C)cc1. The zero-order chi connectivity index (χ0) is 35.0. The molecule has 0 aliphatic heterocycles. The Morgan fingerprint density at radius 2 is 1.58 bits per heavy atom. The number of hydrogen-bond donors (Lipinski definition) is 1. The van der Waals surface area contributed by atoms with Crippen molar-refractivity contribution in [3.05, 3.63) is 123 Å². The molecule has 4 aromatic carbocycles. The first-order chi connectivity index (χ1) is 22.8. The predicted octanol–water partition coefficient (Wildman–Crippen LogP) is 7.71. The summed E-state index contributed by atoms with van der Waals surface area (Å²) in [5, 5.41) is 3.87. The van der Waals surface area contributed by atoms with Crippen molar-refractivity contribution in [2.24, 2.45) is 0 Å². The van der Waals surface area contributed by atoms with Crippen LogP contribution in [-0.4, -0.2) is 50.9 Å². The number of carbonyl (C=O) groups excluding carboxylic acids is 2. The summed E-state index contributed by atoms with van der Waals surface area (Å²) in [6.45, 7) is 4.93. The maximum atomic E-state index is 14.7. The Labute approximate surface area is 297 Å². The molecular weight excluding hydrogens is 693 g/mol. The zero-order valence-electron chi connectivity index (χ0n) is 27.1. The molecule has 254 valence electrons. The van der Waals surface area contributed by atoms with Crippen LogP contribution in [0.15, 0.2) is 95.9 Å². The van der Waals surface area contributed by atoms with Crippen LogP contribution >= 0.6 is 34.8 Å². The van der Waals surface area contributed by atoms with E-state index in [0.29, 0.717) is 27.8 Å². The van der Waals surface area contributed by atoms with Crippen molar-refractivity contribution in [2.75, 3.05) is 18.0 Å². The van der Waals surface area contributed by atoms with E-state index < -0.39 is 28.5 Å². The number of methoxy groups -OCH3 is 1. The fraction of sp³-hybridized carbons (Fsp3) is 0.278. The summed E-state index contributed by atoms with van der Waals surface area (Å²) in [4.78, 5) is 30.0. The first-order valence-electron chi connectivity index (χ1n) is 15.3. The van der Waals surface area contributed by atoms with Crippen molar-refractivity contribution in [1.82, 2.24) is 10.2 Å². The Hall–Kier alpha value is -3.76. The molecule has 4 rings (SSSR count). The third kappa shape index (κ3) is 9.23. The third-order valence-corrected chi connectivity index (χ3v) is 10.6. The van der Waals surface area contributed by atoms with Gasteiger partial charge < -0.3 is 15.0 Å². The number of nitrogens with zero attached hydrogens (tertiary/aromatic N) is 2. The van der Waals surface area contributed by atoms with E-state index in [2.05, 4.69) is 5.32 Å². The first-order valence-corrected chi connectivity index (χ1v) is 17.9. The van der Waals surface area contributed by atoms with E-state index in [1.807, 2.05) is 51.1 Å². The molecule has 0 saturated heterocycles. The Balaban J connectivity index is 1.85. The van der Waals surface area contributed by atoms with Gasteiger partial charge in [0.25, 0.3) is 10.0 Å². The molecule has 0 aliphatic rings. The highest BCUT2D eigenvalue weighted by Crippen LogP contribution is 2.33. The summed E-state index contributed by atoms with van der Waals surface area (Å²) < 4.78 is 34.8. The fourth-order valence-electron chi connectivity index (χ4n) is 5.01. The summed E-state index contributed by atoms with van der Waals surface area (Å²) >= 11 is 19.2. The Kier molecular flexibility index (Phi) is 12.8. The largest absolute Gasteiger partial charge is 0.495 e. The molecule has 0 aliphatic carbocycles. The smallest absolute Gasteiger partial charge is 0.264 e. The van der Waals surface area contributed by atoms with Gasteiger partial charge in [-0.2, -0.15) is 0 Å². The number of halogens is 3. The molecule has 0 unspecified atom stereocenters. The number of nitrogens with one attached hydrogen (secondary N) is 1. The second kappa shape index (κ2) is 16.6. The Morgan fingerprint density at radius 1 is 0.896 bits per heavy atom. The van der Waals surface area contributed by atoms with Gasteiger partial charge in [-0.25, -0.2) is 8.42 Å². The van der Waals surface area contributed by atoms with Gasteiger partial charge in [0.05, 0.1) is 22.7 Å². The molecule has 12 heteroatoms. The number of carbonyl (C=O) groups is 2. The molecule has 0 bridgehead atoms. The maximum absolute atomic E-state index is 14.7. The molecular formula is C36H38Cl3N3O5S. The number of rotatable bonds is 14. The van der Waals surface area contributed by atoms with Crippen LogP contribution in [0.5, 0.6) is 5.75 Å². The van der Waals surface area contributed by atoms with Crippen LogP contribution in [0.25, 0.3) is 0 Å². The molecule has 8 nitrogen and oxygen atoms in total. The molecule has 0 heterocycles. The topological polar surface area (TPSA) is 96.0 Å². The highest BCUT2D eigenvalue weighted by atomic mass is 35.5. The van der Waals surface area contributed by atoms with Gasteiger partial charge in [-0.1, -0.05) is 95.8 Å². The lowest BCUT2D eigenvalue weighted by Gasteiger charge is -2.34. The van der Waals surface area contributed by atoms with Gasteiger partial charge in [0.1, 0.15) is 18.3 Å². The highest BCUT2D eigenvalue weighted by Gasteiger charge is 2.35. The van der Waals surface area contributed by atoms with Gasteiger partial charge in [-0.3, -0.25) is 13.9 Å². The van der Waals surface area contributed by atoms with Crippen molar-refractivity contribution in [2.45, 2.75) is 57.1 Å². The molecule has 0 spiro atoms. The number of benzene rings is 4. The number of amides is 2. The van der Waals surface area contributed by atoms with E-state index in [-0.39, 0.29) is 40.5 Å². The average Bonchev–Trinajstić information content (AvgIpc) is 3.06. The van der Waals surface area contributed by atoms with Crippen LogP contribution in [0.3, 0.4) is 0 Å². The van der Waals surface area contributed by atoms with Crippen molar-refractivity contribution >= 4 is 62.3 Å². The van der Waals surface area contributed by atoms with Crippen LogP contribution in [0.1, 0.15) is 37.0 Å². The van der Waals surface area contributed by atoms with E-state index in [9.17, 15) is 18.0 Å². The lowest BCUT2D eigenvalue weighted by atomic mass is 10.0. The molecule has 4 aromatic rings. The lowest BCUT2D eigenvalue weighted by Crippen LogP contribution is -2.54. The minimum absolute atomic E-state index is 0.0181. The second-order valence-electron chi connectivity index (χ2n) is 11.4. The number of hydrogen-bond acceptors (Lipinski definition) is 5. The summed E-state index contributed by atoms with van der Waals surface area (Å²) in [6, 6.07) is 23.8. The monoisotopic (exact) mass is 729 g/mol. The number of ether oxygens (including phenoxy) is 1. The third-order valence-electron chi connectivity index (χ3n) is 7.94. The summed E-state index contributed by atoms with van der Waals surface area (Å²) in [5.41, 5.74) is 2.35. The fourth-order valence-corrected chi connectivity index (χ4v) is 7.13. The van der Waals surface area contributed by atoms with Crippen molar-refractivity contribution in [3.63, 3.8) is 0 Å². The summed E-state index contributed by atoms with van der Waals surface area (Å²) in [7, 11) is -2.86. The molecule has 0 radical (unpaired) electrons. The van der Waals surface area contributed by atoms with Crippen LogP contribution in [0, 0.1) is 6.92 Å². The maximum Gasteiger partial charge on any atom is 0.264 e.